The second-order valence-corrected chi connectivity index (χ2v) is 12.3. The molecule has 4 nitrogen and oxygen atoms in total. The Hall–Kier alpha value is -2.09. The van der Waals surface area contributed by atoms with Gasteiger partial charge in [-0.25, -0.2) is 0 Å². The first-order chi connectivity index (χ1) is 14.6. The maximum absolute atomic E-state index is 6.46. The van der Waals surface area contributed by atoms with Gasteiger partial charge in [0, 0.05) is 23.6 Å². The summed E-state index contributed by atoms with van der Waals surface area (Å²) in [6, 6.07) is 12.8. The SMILES string of the molecule is C[CH2][Al]1[O]c2ccc(C(C)(C)C)cc2C=NCCN=Cc2cc(C(C)(C)C)ccc2[O]1. The summed E-state index contributed by atoms with van der Waals surface area (Å²) in [4.78, 5) is 9.24. The third kappa shape index (κ3) is 6.22. The van der Waals surface area contributed by atoms with E-state index in [2.05, 4.69) is 94.8 Å². The molecule has 2 aromatic carbocycles. The van der Waals surface area contributed by atoms with E-state index in [1.54, 1.807) is 0 Å². The Labute approximate surface area is 192 Å². The Kier molecular flexibility index (Phi) is 7.29. The first kappa shape index (κ1) is 23.6. The molecule has 164 valence electrons. The van der Waals surface area contributed by atoms with Gasteiger partial charge in [0.15, 0.2) is 0 Å². The molecule has 0 amide bonds. The lowest BCUT2D eigenvalue weighted by Crippen LogP contribution is -2.30. The molecule has 0 saturated carbocycles. The fraction of sp³-hybridized carbons (Fsp3) is 0.462. The zero-order chi connectivity index (χ0) is 22.6. The lowest BCUT2D eigenvalue weighted by Gasteiger charge is -2.23. The first-order valence-corrected chi connectivity index (χ1v) is 13.0. The van der Waals surface area contributed by atoms with E-state index in [1.165, 1.54) is 11.1 Å². The highest BCUT2D eigenvalue weighted by molar-refractivity contribution is 6.46. The Morgan fingerprint density at radius 1 is 0.742 bits per heavy atom. The predicted molar refractivity (Wildman–Crippen MR) is 133 cm³/mol. The van der Waals surface area contributed by atoms with Gasteiger partial charge in [-0.15, -0.1) is 0 Å². The molecule has 2 aromatic rings. The average Bonchev–Trinajstić information content (AvgIpc) is 2.71. The van der Waals surface area contributed by atoms with Crippen molar-refractivity contribution in [2.75, 3.05) is 13.1 Å². The van der Waals surface area contributed by atoms with Crippen molar-refractivity contribution in [2.24, 2.45) is 9.98 Å². The molecule has 0 unspecified atom stereocenters. The molecular formula is C26H35AlN2O2. The number of rotatable bonds is 1. The minimum Gasteiger partial charge on any atom is -0.611 e. The van der Waals surface area contributed by atoms with Gasteiger partial charge in [0.05, 0.1) is 24.6 Å². The van der Waals surface area contributed by atoms with Crippen molar-refractivity contribution in [3.63, 3.8) is 0 Å². The summed E-state index contributed by atoms with van der Waals surface area (Å²) in [7, 11) is 0. The van der Waals surface area contributed by atoms with Crippen LogP contribution >= 0.6 is 0 Å². The quantitative estimate of drug-likeness (QED) is 0.509. The van der Waals surface area contributed by atoms with Gasteiger partial charge in [0.1, 0.15) is 0 Å². The number of hydrogen-bond acceptors (Lipinski definition) is 4. The Balaban J connectivity index is 2.00. The van der Waals surface area contributed by atoms with Crippen molar-refractivity contribution in [3.05, 3.63) is 58.7 Å². The molecule has 0 atom stereocenters. The van der Waals surface area contributed by atoms with Crippen LogP contribution in [0.1, 0.15) is 70.7 Å². The van der Waals surface area contributed by atoms with Crippen LogP contribution in [0, 0.1) is 0 Å². The predicted octanol–water partition coefficient (Wildman–Crippen LogP) is 6.10. The minimum absolute atomic E-state index is 0.0656. The van der Waals surface area contributed by atoms with Crippen molar-refractivity contribution in [2.45, 2.75) is 64.6 Å². The highest BCUT2D eigenvalue weighted by atomic mass is 27.2. The molecule has 1 aliphatic rings. The van der Waals surface area contributed by atoms with E-state index in [-0.39, 0.29) is 10.8 Å². The zero-order valence-electron chi connectivity index (χ0n) is 20.0. The van der Waals surface area contributed by atoms with Gasteiger partial charge in [0.2, 0.25) is 0 Å². The van der Waals surface area contributed by atoms with Gasteiger partial charge in [-0.2, -0.15) is 0 Å². The summed E-state index contributed by atoms with van der Waals surface area (Å²) in [5.41, 5.74) is 4.67. The third-order valence-electron chi connectivity index (χ3n) is 5.42. The molecule has 0 aliphatic carbocycles. The van der Waals surface area contributed by atoms with Crippen LogP contribution in [-0.2, 0) is 10.8 Å². The standard InChI is InChI=1S/C24H32N2O2.C2H5.Al/c1-23(2,3)19-7-9-21(27)17(13-19)15-25-11-12-26-16-18-14-20(24(4,5)6)8-10-22(18)28;1-2;/h7-10,13-16,27-28H,11-12H2,1-6H3;1H2,2H3;/q;;+2/p-2. The molecule has 1 heterocycles. The van der Waals surface area contributed by atoms with Crippen molar-refractivity contribution < 1.29 is 7.58 Å². The first-order valence-electron chi connectivity index (χ1n) is 11.2. The largest absolute Gasteiger partial charge is 0.856 e. The van der Waals surface area contributed by atoms with E-state index in [0.29, 0.717) is 13.1 Å². The van der Waals surface area contributed by atoms with Gasteiger partial charge in [-0.1, -0.05) is 60.6 Å². The highest BCUT2D eigenvalue weighted by Crippen LogP contribution is 2.30. The smallest absolute Gasteiger partial charge is 0.611 e. The highest BCUT2D eigenvalue weighted by Gasteiger charge is 2.32. The maximum atomic E-state index is 6.46. The van der Waals surface area contributed by atoms with E-state index in [9.17, 15) is 0 Å². The van der Waals surface area contributed by atoms with Gasteiger partial charge in [-0.3, -0.25) is 9.98 Å². The molecule has 0 spiro atoms. The molecule has 5 heteroatoms. The molecule has 3 rings (SSSR count). The summed E-state index contributed by atoms with van der Waals surface area (Å²) in [6.07, 6.45) is 3.84. The van der Waals surface area contributed by atoms with E-state index >= 15 is 0 Å². The third-order valence-corrected chi connectivity index (χ3v) is 7.12. The monoisotopic (exact) mass is 434 g/mol. The van der Waals surface area contributed by atoms with E-state index in [0.717, 1.165) is 27.9 Å². The molecule has 0 N–H and O–H groups in total. The molecular weight excluding hydrogens is 399 g/mol. The lowest BCUT2D eigenvalue weighted by molar-refractivity contribution is 0.421. The summed E-state index contributed by atoms with van der Waals surface area (Å²) < 4.78 is 12.9. The topological polar surface area (TPSA) is 43.2 Å². The lowest BCUT2D eigenvalue weighted by atomic mass is 9.86. The van der Waals surface area contributed by atoms with Gasteiger partial charge >= 0.3 is 14.8 Å². The summed E-state index contributed by atoms with van der Waals surface area (Å²) in [5.74, 6) is 1.70. The van der Waals surface area contributed by atoms with Gasteiger partial charge in [-0.05, 0) is 51.5 Å². The van der Waals surface area contributed by atoms with Crippen molar-refractivity contribution >= 4 is 27.2 Å². The Morgan fingerprint density at radius 2 is 1.16 bits per heavy atom. The van der Waals surface area contributed by atoms with Crippen LogP contribution < -0.4 is 7.58 Å². The van der Waals surface area contributed by atoms with Gasteiger partial charge in [0.25, 0.3) is 0 Å². The zero-order valence-corrected chi connectivity index (χ0v) is 21.2. The normalized spacial score (nSPS) is 15.0. The summed E-state index contributed by atoms with van der Waals surface area (Å²) in [6.45, 7) is 16.7. The van der Waals surface area contributed by atoms with Crippen LogP contribution in [0.25, 0.3) is 0 Å². The second kappa shape index (κ2) is 9.59. The van der Waals surface area contributed by atoms with Crippen LogP contribution in [0.2, 0.25) is 5.28 Å². The van der Waals surface area contributed by atoms with E-state index in [1.807, 2.05) is 12.4 Å². The molecule has 1 aliphatic heterocycles. The second-order valence-electron chi connectivity index (χ2n) is 10.1. The maximum Gasteiger partial charge on any atom is 0.856 e. The molecule has 0 saturated heterocycles. The van der Waals surface area contributed by atoms with Crippen LogP contribution in [0.15, 0.2) is 46.4 Å². The van der Waals surface area contributed by atoms with E-state index < -0.39 is 14.8 Å². The van der Waals surface area contributed by atoms with E-state index in [4.69, 9.17) is 7.58 Å². The number of hydrogen-bond donors (Lipinski definition) is 0. The molecule has 0 radical (unpaired) electrons. The van der Waals surface area contributed by atoms with Crippen LogP contribution in [0.5, 0.6) is 11.5 Å². The number of aliphatic imine (C=N–C) groups is 2. The Morgan fingerprint density at radius 3 is 1.52 bits per heavy atom. The minimum atomic E-state index is -1.99. The number of benzene rings is 2. The number of nitrogens with zero attached hydrogens (tertiary/aromatic N) is 2. The fourth-order valence-electron chi connectivity index (χ4n) is 3.36. The van der Waals surface area contributed by atoms with Crippen molar-refractivity contribution in [3.8, 4) is 11.5 Å². The van der Waals surface area contributed by atoms with Gasteiger partial charge < -0.3 is 7.58 Å². The van der Waals surface area contributed by atoms with Crippen molar-refractivity contribution in [1.82, 2.24) is 0 Å². The molecule has 0 bridgehead atoms. The van der Waals surface area contributed by atoms with Crippen LogP contribution in [0.3, 0.4) is 0 Å². The summed E-state index contributed by atoms with van der Waals surface area (Å²) in [5, 5.41) is 0.856. The Bertz CT molecular complexity index is 891. The fourth-order valence-corrected chi connectivity index (χ4v) is 4.74. The van der Waals surface area contributed by atoms with Crippen LogP contribution in [-0.4, -0.2) is 40.3 Å². The molecule has 31 heavy (non-hydrogen) atoms. The van der Waals surface area contributed by atoms with Crippen molar-refractivity contribution in [1.29, 1.82) is 0 Å². The van der Waals surface area contributed by atoms with Crippen LogP contribution in [0.4, 0.5) is 0 Å². The molecule has 0 aromatic heterocycles. The number of fused-ring (bicyclic) bond motifs is 2. The molecule has 0 fully saturated rings. The summed E-state index contributed by atoms with van der Waals surface area (Å²) >= 11 is -1.99. The average molecular weight is 435 g/mol.